The summed E-state index contributed by atoms with van der Waals surface area (Å²) in [4.78, 5) is 0. The molecule has 1 aromatic carbocycles. The average molecular weight is 293 g/mol. The Labute approximate surface area is 123 Å². The molecule has 3 atom stereocenters. The molecule has 3 unspecified atom stereocenters. The molecule has 3 rings (SSSR count). The third-order valence-electron chi connectivity index (χ3n) is 4.74. The van der Waals surface area contributed by atoms with Crippen LogP contribution in [0.2, 0.25) is 0 Å². The summed E-state index contributed by atoms with van der Waals surface area (Å²) in [6, 6.07) is 6.00. The second kappa shape index (κ2) is 5.86. The van der Waals surface area contributed by atoms with Gasteiger partial charge in [0, 0.05) is 22.1 Å². The second-order valence-corrected chi connectivity index (χ2v) is 7.83. The van der Waals surface area contributed by atoms with Crippen molar-refractivity contribution in [1.82, 2.24) is 0 Å². The van der Waals surface area contributed by atoms with E-state index in [0.717, 1.165) is 37.0 Å². The Bertz CT molecular complexity index is 511. The Kier molecular flexibility index (Phi) is 4.13. The molecule has 0 aliphatic heterocycles. The van der Waals surface area contributed by atoms with Gasteiger partial charge >= 0.3 is 0 Å². The van der Waals surface area contributed by atoms with E-state index in [1.165, 1.54) is 18.4 Å². The van der Waals surface area contributed by atoms with Crippen molar-refractivity contribution in [3.05, 3.63) is 29.3 Å². The topological polar surface area (TPSA) is 52.3 Å². The first-order valence-corrected chi connectivity index (χ1v) is 8.80. The fourth-order valence-corrected chi connectivity index (χ4v) is 5.62. The van der Waals surface area contributed by atoms with Crippen LogP contribution in [0.15, 0.2) is 18.2 Å². The van der Waals surface area contributed by atoms with Crippen molar-refractivity contribution in [1.29, 1.82) is 0 Å². The van der Waals surface area contributed by atoms with E-state index in [4.69, 9.17) is 10.5 Å². The summed E-state index contributed by atoms with van der Waals surface area (Å²) in [6.45, 7) is 0. The van der Waals surface area contributed by atoms with Gasteiger partial charge < -0.3 is 10.5 Å². The summed E-state index contributed by atoms with van der Waals surface area (Å²) in [6.07, 6.45) is 6.60. The van der Waals surface area contributed by atoms with E-state index < -0.39 is 10.8 Å². The maximum atomic E-state index is 12.8. The van der Waals surface area contributed by atoms with Crippen molar-refractivity contribution in [2.75, 3.05) is 7.11 Å². The molecule has 1 aromatic rings. The normalized spacial score (nSPS) is 28.1. The lowest BCUT2D eigenvalue weighted by molar-refractivity contribution is 0.412. The standard InChI is InChI=1S/C16H23NO2S/c1-19-12-8-6-11-7-9-15(16(17)14(11)10-12)20(18)13-4-2-3-5-13/h6,8,10,13,15-16H,2-5,7,9,17H2,1H3. The van der Waals surface area contributed by atoms with E-state index in [-0.39, 0.29) is 11.3 Å². The predicted octanol–water partition coefficient (Wildman–Crippen LogP) is 2.70. The number of aryl methyl sites for hydroxylation is 1. The zero-order chi connectivity index (χ0) is 14.1. The van der Waals surface area contributed by atoms with Crippen molar-refractivity contribution in [2.45, 2.75) is 55.1 Å². The lowest BCUT2D eigenvalue weighted by Crippen LogP contribution is -2.38. The van der Waals surface area contributed by atoms with Crippen LogP contribution in [0.3, 0.4) is 0 Å². The minimum Gasteiger partial charge on any atom is -0.497 e. The molecule has 0 aromatic heterocycles. The molecule has 4 heteroatoms. The van der Waals surface area contributed by atoms with Gasteiger partial charge in [-0.3, -0.25) is 4.21 Å². The largest absolute Gasteiger partial charge is 0.497 e. The first kappa shape index (κ1) is 14.1. The smallest absolute Gasteiger partial charge is 0.119 e. The number of benzene rings is 1. The van der Waals surface area contributed by atoms with Gasteiger partial charge in [0.25, 0.3) is 0 Å². The van der Waals surface area contributed by atoms with E-state index in [1.807, 2.05) is 12.1 Å². The molecule has 0 bridgehead atoms. The maximum absolute atomic E-state index is 12.8. The molecule has 0 spiro atoms. The monoisotopic (exact) mass is 293 g/mol. The van der Waals surface area contributed by atoms with Gasteiger partial charge in [-0.25, -0.2) is 0 Å². The van der Waals surface area contributed by atoms with Crippen LogP contribution < -0.4 is 10.5 Å². The van der Waals surface area contributed by atoms with E-state index in [9.17, 15) is 4.21 Å². The molecule has 1 saturated carbocycles. The minimum absolute atomic E-state index is 0.109. The number of fused-ring (bicyclic) bond motifs is 1. The molecule has 1 fully saturated rings. The Morgan fingerprint density at radius 3 is 2.70 bits per heavy atom. The fourth-order valence-electron chi connectivity index (χ4n) is 3.54. The lowest BCUT2D eigenvalue weighted by Gasteiger charge is -2.32. The van der Waals surface area contributed by atoms with E-state index in [1.54, 1.807) is 7.11 Å². The third kappa shape index (κ3) is 2.51. The molecule has 2 aliphatic rings. The quantitative estimate of drug-likeness (QED) is 0.932. The van der Waals surface area contributed by atoms with Gasteiger partial charge in [0.15, 0.2) is 0 Å². The first-order valence-electron chi connectivity index (χ1n) is 7.52. The van der Waals surface area contributed by atoms with Gasteiger partial charge in [-0.2, -0.15) is 0 Å². The van der Waals surface area contributed by atoms with Gasteiger partial charge in [-0.05, 0) is 48.9 Å². The molecular weight excluding hydrogens is 270 g/mol. The zero-order valence-electron chi connectivity index (χ0n) is 12.0. The highest BCUT2D eigenvalue weighted by molar-refractivity contribution is 7.86. The second-order valence-electron chi connectivity index (χ2n) is 5.90. The zero-order valence-corrected chi connectivity index (χ0v) is 12.8. The van der Waals surface area contributed by atoms with Crippen molar-refractivity contribution >= 4 is 10.8 Å². The summed E-state index contributed by atoms with van der Waals surface area (Å²) in [5.74, 6) is 0.839. The number of nitrogens with two attached hydrogens (primary N) is 1. The van der Waals surface area contributed by atoms with Crippen molar-refractivity contribution in [3.8, 4) is 5.75 Å². The van der Waals surface area contributed by atoms with Gasteiger partial charge in [-0.15, -0.1) is 0 Å². The number of hydrogen-bond acceptors (Lipinski definition) is 3. The highest BCUT2D eigenvalue weighted by Crippen LogP contribution is 2.36. The van der Waals surface area contributed by atoms with Crippen LogP contribution >= 0.6 is 0 Å². The van der Waals surface area contributed by atoms with Crippen LogP contribution in [0.25, 0.3) is 0 Å². The molecular formula is C16H23NO2S. The van der Waals surface area contributed by atoms with Crippen LogP contribution in [-0.4, -0.2) is 21.8 Å². The molecule has 3 nitrogen and oxygen atoms in total. The highest BCUT2D eigenvalue weighted by Gasteiger charge is 2.35. The molecule has 2 N–H and O–H groups in total. The third-order valence-corrected chi connectivity index (χ3v) is 6.99. The molecule has 0 radical (unpaired) electrons. The molecule has 0 saturated heterocycles. The fraction of sp³-hybridized carbons (Fsp3) is 0.625. The average Bonchev–Trinajstić information content (AvgIpc) is 3.01. The van der Waals surface area contributed by atoms with Gasteiger partial charge in [0.2, 0.25) is 0 Å². The van der Waals surface area contributed by atoms with E-state index in [0.29, 0.717) is 5.25 Å². The van der Waals surface area contributed by atoms with Gasteiger partial charge in [-0.1, -0.05) is 18.9 Å². The molecule has 2 aliphatic carbocycles. The number of ether oxygens (including phenoxy) is 1. The Morgan fingerprint density at radius 2 is 2.00 bits per heavy atom. The van der Waals surface area contributed by atoms with Crippen LogP contribution in [-0.2, 0) is 17.2 Å². The molecule has 0 heterocycles. The van der Waals surface area contributed by atoms with Crippen molar-refractivity contribution in [2.24, 2.45) is 5.73 Å². The summed E-state index contributed by atoms with van der Waals surface area (Å²) < 4.78 is 18.1. The first-order chi connectivity index (χ1) is 9.70. The van der Waals surface area contributed by atoms with Crippen LogP contribution in [0, 0.1) is 0 Å². The van der Waals surface area contributed by atoms with Crippen molar-refractivity contribution < 1.29 is 8.95 Å². The molecule has 0 amide bonds. The summed E-state index contributed by atoms with van der Waals surface area (Å²) >= 11 is 0. The van der Waals surface area contributed by atoms with E-state index >= 15 is 0 Å². The molecule has 110 valence electrons. The highest BCUT2D eigenvalue weighted by atomic mass is 32.2. The summed E-state index contributed by atoms with van der Waals surface area (Å²) in [5.41, 5.74) is 8.86. The van der Waals surface area contributed by atoms with Crippen LogP contribution in [0.5, 0.6) is 5.75 Å². The van der Waals surface area contributed by atoms with Crippen LogP contribution in [0.4, 0.5) is 0 Å². The Balaban J connectivity index is 1.83. The maximum Gasteiger partial charge on any atom is 0.119 e. The number of hydrogen-bond donors (Lipinski definition) is 1. The SMILES string of the molecule is COc1ccc2c(c1)C(N)C(S(=O)C1CCCC1)CC2. The summed E-state index contributed by atoms with van der Waals surface area (Å²) in [7, 11) is 0.877. The minimum atomic E-state index is -0.794. The Hall–Kier alpha value is -0.870. The van der Waals surface area contributed by atoms with E-state index in [2.05, 4.69) is 6.07 Å². The van der Waals surface area contributed by atoms with Gasteiger partial charge in [0.1, 0.15) is 5.75 Å². The Morgan fingerprint density at radius 1 is 1.25 bits per heavy atom. The van der Waals surface area contributed by atoms with Gasteiger partial charge in [0.05, 0.1) is 12.4 Å². The molecule has 20 heavy (non-hydrogen) atoms. The number of methoxy groups -OCH3 is 1. The van der Waals surface area contributed by atoms with Crippen LogP contribution in [0.1, 0.15) is 49.3 Å². The number of rotatable bonds is 3. The predicted molar refractivity (Wildman–Crippen MR) is 82.4 cm³/mol. The lowest BCUT2D eigenvalue weighted by atomic mass is 9.87. The summed E-state index contributed by atoms with van der Waals surface area (Å²) in [5, 5.41) is 0.482. The van der Waals surface area contributed by atoms with Crippen molar-refractivity contribution in [3.63, 3.8) is 0 Å².